The van der Waals surface area contributed by atoms with Gasteiger partial charge in [-0.15, -0.1) is 5.10 Å². The Bertz CT molecular complexity index is 955. The molecule has 0 aliphatic carbocycles. The van der Waals surface area contributed by atoms with Gasteiger partial charge in [0, 0.05) is 25.6 Å². The maximum Gasteiger partial charge on any atom is 0.293 e. The van der Waals surface area contributed by atoms with Crippen molar-refractivity contribution < 1.29 is 9.18 Å². The molecule has 1 amide bonds. The van der Waals surface area contributed by atoms with E-state index in [9.17, 15) is 9.18 Å². The highest BCUT2D eigenvalue weighted by molar-refractivity contribution is 5.90. The number of carbonyl (C=O) groups is 1. The molecule has 1 heterocycles. The summed E-state index contributed by atoms with van der Waals surface area (Å²) >= 11 is 0. The Labute approximate surface area is 170 Å². The van der Waals surface area contributed by atoms with Crippen molar-refractivity contribution in [3.63, 3.8) is 0 Å². The van der Waals surface area contributed by atoms with Gasteiger partial charge >= 0.3 is 0 Å². The number of nitrogens with two attached hydrogens (primary N) is 1. The minimum absolute atomic E-state index is 0.0135. The second kappa shape index (κ2) is 9.43. The molecule has 0 spiro atoms. The summed E-state index contributed by atoms with van der Waals surface area (Å²) in [7, 11) is 0. The summed E-state index contributed by atoms with van der Waals surface area (Å²) in [6.45, 7) is 5.20. The van der Waals surface area contributed by atoms with Crippen molar-refractivity contribution in [3.8, 4) is 5.69 Å². The Balaban J connectivity index is 1.86. The topological polar surface area (TPSA) is 77.0 Å². The van der Waals surface area contributed by atoms with Crippen molar-refractivity contribution in [3.05, 3.63) is 77.6 Å². The monoisotopic (exact) mass is 395 g/mol. The average Bonchev–Trinajstić information content (AvgIpc) is 3.17. The third-order valence-corrected chi connectivity index (χ3v) is 4.59. The van der Waals surface area contributed by atoms with Crippen LogP contribution in [0.1, 0.15) is 41.8 Å². The molecule has 0 unspecified atom stereocenters. The summed E-state index contributed by atoms with van der Waals surface area (Å²) in [5.41, 5.74) is 7.40. The molecule has 0 radical (unpaired) electrons. The summed E-state index contributed by atoms with van der Waals surface area (Å²) in [5, 5.41) is 4.41. The van der Waals surface area contributed by atoms with E-state index in [2.05, 4.69) is 10.1 Å². The van der Waals surface area contributed by atoms with Crippen LogP contribution in [-0.2, 0) is 6.42 Å². The quantitative estimate of drug-likeness (QED) is 0.636. The fraction of sp³-hybridized carbons (Fsp3) is 0.318. The molecule has 0 bridgehead atoms. The number of benzene rings is 2. The molecule has 2 N–H and O–H groups in total. The number of halogens is 1. The summed E-state index contributed by atoms with van der Waals surface area (Å²) in [4.78, 5) is 19.2. The SMILES string of the molecule is CC(C)c1nc(C(=O)N(CCN)CCc2ccccc2)nn1-c1cccc(F)c1. The molecule has 0 atom stereocenters. The van der Waals surface area contributed by atoms with Gasteiger partial charge in [-0.2, -0.15) is 0 Å². The van der Waals surface area contributed by atoms with Crippen molar-refractivity contribution in [2.75, 3.05) is 19.6 Å². The Hall–Kier alpha value is -3.06. The lowest BCUT2D eigenvalue weighted by Crippen LogP contribution is -2.37. The van der Waals surface area contributed by atoms with Crippen LogP contribution in [0, 0.1) is 5.82 Å². The Morgan fingerprint density at radius 3 is 2.55 bits per heavy atom. The minimum atomic E-state index is -0.367. The van der Waals surface area contributed by atoms with Crippen molar-refractivity contribution in [2.24, 2.45) is 5.73 Å². The van der Waals surface area contributed by atoms with Gasteiger partial charge in [0.1, 0.15) is 11.6 Å². The molecule has 0 saturated heterocycles. The molecule has 0 fully saturated rings. The molecule has 6 nitrogen and oxygen atoms in total. The highest BCUT2D eigenvalue weighted by atomic mass is 19.1. The van der Waals surface area contributed by atoms with E-state index in [0.29, 0.717) is 37.6 Å². The lowest BCUT2D eigenvalue weighted by molar-refractivity contribution is 0.0750. The molecular formula is C22H26FN5O. The summed E-state index contributed by atoms with van der Waals surface area (Å²) in [6.07, 6.45) is 0.716. The highest BCUT2D eigenvalue weighted by Gasteiger charge is 2.23. The molecule has 0 aliphatic heterocycles. The molecule has 2 aromatic carbocycles. The second-order valence-corrected chi connectivity index (χ2v) is 7.16. The zero-order valence-electron chi connectivity index (χ0n) is 16.8. The van der Waals surface area contributed by atoms with Gasteiger partial charge in [-0.1, -0.05) is 50.2 Å². The van der Waals surface area contributed by atoms with E-state index < -0.39 is 0 Å². The van der Waals surface area contributed by atoms with Crippen LogP contribution in [-0.4, -0.2) is 45.2 Å². The Morgan fingerprint density at radius 2 is 1.90 bits per heavy atom. The van der Waals surface area contributed by atoms with E-state index in [1.165, 1.54) is 12.1 Å². The average molecular weight is 395 g/mol. The van der Waals surface area contributed by atoms with Crippen LogP contribution in [0.4, 0.5) is 4.39 Å². The lowest BCUT2D eigenvalue weighted by atomic mass is 10.1. The van der Waals surface area contributed by atoms with Gasteiger partial charge in [0.2, 0.25) is 5.82 Å². The number of nitrogens with zero attached hydrogens (tertiary/aromatic N) is 4. The van der Waals surface area contributed by atoms with E-state index in [4.69, 9.17) is 5.73 Å². The van der Waals surface area contributed by atoms with Gasteiger partial charge in [-0.05, 0) is 30.2 Å². The van der Waals surface area contributed by atoms with Crippen molar-refractivity contribution in [1.82, 2.24) is 19.7 Å². The van der Waals surface area contributed by atoms with Crippen LogP contribution in [0.3, 0.4) is 0 Å². The molecule has 1 aromatic heterocycles. The molecule has 29 heavy (non-hydrogen) atoms. The van der Waals surface area contributed by atoms with Crippen molar-refractivity contribution in [1.29, 1.82) is 0 Å². The lowest BCUT2D eigenvalue weighted by Gasteiger charge is -2.20. The first-order valence-corrected chi connectivity index (χ1v) is 9.75. The smallest absolute Gasteiger partial charge is 0.293 e. The maximum atomic E-state index is 13.7. The van der Waals surface area contributed by atoms with Crippen LogP contribution < -0.4 is 5.73 Å². The van der Waals surface area contributed by atoms with Gasteiger partial charge in [0.15, 0.2) is 0 Å². The van der Waals surface area contributed by atoms with Gasteiger partial charge in [-0.3, -0.25) is 4.79 Å². The van der Waals surface area contributed by atoms with Crippen LogP contribution in [0.25, 0.3) is 5.69 Å². The van der Waals surface area contributed by atoms with Crippen LogP contribution >= 0.6 is 0 Å². The van der Waals surface area contributed by atoms with Gasteiger partial charge in [0.25, 0.3) is 5.91 Å². The highest BCUT2D eigenvalue weighted by Crippen LogP contribution is 2.19. The van der Waals surface area contributed by atoms with Crippen molar-refractivity contribution in [2.45, 2.75) is 26.2 Å². The summed E-state index contributed by atoms with van der Waals surface area (Å²) in [6, 6.07) is 16.1. The van der Waals surface area contributed by atoms with E-state index in [0.717, 1.165) is 5.56 Å². The molecule has 7 heteroatoms. The summed E-state index contributed by atoms with van der Waals surface area (Å²) in [5.74, 6) is 0.0745. The largest absolute Gasteiger partial charge is 0.334 e. The van der Waals surface area contributed by atoms with Crippen LogP contribution in [0.5, 0.6) is 0 Å². The molecule has 0 saturated carbocycles. The molecule has 0 aliphatic rings. The van der Waals surface area contributed by atoms with Gasteiger partial charge in [-0.25, -0.2) is 14.1 Å². The number of rotatable bonds is 8. The van der Waals surface area contributed by atoms with Gasteiger partial charge in [0.05, 0.1) is 5.69 Å². The van der Waals surface area contributed by atoms with Crippen LogP contribution in [0.15, 0.2) is 54.6 Å². The molecule has 152 valence electrons. The zero-order valence-corrected chi connectivity index (χ0v) is 16.8. The fourth-order valence-corrected chi connectivity index (χ4v) is 3.11. The standard InChI is InChI=1S/C22H26FN5O/c1-16(2)21-25-20(26-28(21)19-10-6-9-18(23)15-19)22(29)27(14-12-24)13-11-17-7-4-3-5-8-17/h3-10,15-16H,11-14,24H2,1-2H3. The number of carbonyl (C=O) groups excluding carboxylic acids is 1. The third-order valence-electron chi connectivity index (χ3n) is 4.59. The molecule has 3 aromatic rings. The first-order valence-electron chi connectivity index (χ1n) is 9.75. The normalized spacial score (nSPS) is 11.1. The first-order chi connectivity index (χ1) is 14.0. The summed E-state index contributed by atoms with van der Waals surface area (Å²) < 4.78 is 15.2. The van der Waals surface area contributed by atoms with E-state index in [1.807, 2.05) is 44.2 Å². The van der Waals surface area contributed by atoms with Crippen molar-refractivity contribution >= 4 is 5.91 Å². The Morgan fingerprint density at radius 1 is 1.14 bits per heavy atom. The molecule has 3 rings (SSSR count). The van der Waals surface area contributed by atoms with E-state index in [-0.39, 0.29) is 23.5 Å². The Kier molecular flexibility index (Phi) is 6.72. The number of hydrogen-bond acceptors (Lipinski definition) is 4. The zero-order chi connectivity index (χ0) is 20.8. The second-order valence-electron chi connectivity index (χ2n) is 7.16. The van der Waals surface area contributed by atoms with Gasteiger partial charge < -0.3 is 10.6 Å². The molecular weight excluding hydrogens is 369 g/mol. The minimum Gasteiger partial charge on any atom is -0.334 e. The number of amides is 1. The predicted molar refractivity (Wildman–Crippen MR) is 111 cm³/mol. The predicted octanol–water partition coefficient (Wildman–Crippen LogP) is 3.17. The number of hydrogen-bond donors (Lipinski definition) is 1. The number of aromatic nitrogens is 3. The van der Waals surface area contributed by atoms with E-state index in [1.54, 1.807) is 21.7 Å². The van der Waals surface area contributed by atoms with Crippen LogP contribution in [0.2, 0.25) is 0 Å². The first kappa shape index (κ1) is 20.7. The maximum absolute atomic E-state index is 13.7. The van der Waals surface area contributed by atoms with E-state index >= 15 is 0 Å². The third kappa shape index (κ3) is 5.06. The fourth-order valence-electron chi connectivity index (χ4n) is 3.11.